The first-order chi connectivity index (χ1) is 9.78. The van der Waals surface area contributed by atoms with E-state index < -0.39 is 0 Å². The maximum atomic E-state index is 5.88. The van der Waals surface area contributed by atoms with E-state index in [1.165, 1.54) is 16.5 Å². The normalized spacial score (nSPS) is 20.6. The molecule has 3 rings (SSSR count). The van der Waals surface area contributed by atoms with Gasteiger partial charge in [0, 0.05) is 30.2 Å². The minimum absolute atomic E-state index is 0.273. The monoisotopic (exact) mass is 273 g/mol. The summed E-state index contributed by atoms with van der Waals surface area (Å²) in [7, 11) is 2.16. The summed E-state index contributed by atoms with van der Waals surface area (Å²) in [6, 6.07) is 8.56. The van der Waals surface area contributed by atoms with Crippen LogP contribution in [0.1, 0.15) is 5.56 Å². The van der Waals surface area contributed by atoms with Gasteiger partial charge in [-0.05, 0) is 31.6 Å². The van der Waals surface area contributed by atoms with Crippen LogP contribution in [-0.2, 0) is 17.7 Å². The van der Waals surface area contributed by atoms with E-state index in [0.29, 0.717) is 6.54 Å². The summed E-state index contributed by atoms with van der Waals surface area (Å²) in [5.74, 6) is 0. The predicted octanol–water partition coefficient (Wildman–Crippen LogP) is 1.47. The number of benzene rings is 1. The summed E-state index contributed by atoms with van der Waals surface area (Å²) in [6.07, 6.45) is 3.45. The number of fused-ring (bicyclic) bond motifs is 1. The summed E-state index contributed by atoms with van der Waals surface area (Å²) < 4.78 is 8.21. The Bertz CT molecular complexity index is 578. The molecule has 0 radical (unpaired) electrons. The molecular weight excluding hydrogens is 250 g/mol. The number of morpholine rings is 1. The van der Waals surface area contributed by atoms with Crippen LogP contribution in [0.5, 0.6) is 0 Å². The molecule has 1 aliphatic heterocycles. The highest BCUT2D eigenvalue weighted by atomic mass is 16.5. The van der Waals surface area contributed by atoms with E-state index in [4.69, 9.17) is 10.5 Å². The zero-order chi connectivity index (χ0) is 13.9. The highest BCUT2D eigenvalue weighted by Crippen LogP contribution is 2.22. The van der Waals surface area contributed by atoms with Crippen molar-refractivity contribution in [3.05, 3.63) is 36.0 Å². The molecule has 0 saturated carbocycles. The first kappa shape index (κ1) is 13.6. The van der Waals surface area contributed by atoms with Crippen molar-refractivity contribution >= 4 is 10.9 Å². The van der Waals surface area contributed by atoms with Gasteiger partial charge in [-0.1, -0.05) is 18.2 Å². The van der Waals surface area contributed by atoms with Crippen molar-refractivity contribution in [1.82, 2.24) is 9.47 Å². The number of nitrogens with zero attached hydrogens (tertiary/aromatic N) is 2. The number of para-hydroxylation sites is 1. The molecule has 1 aromatic carbocycles. The van der Waals surface area contributed by atoms with Crippen molar-refractivity contribution in [1.29, 1.82) is 0 Å². The minimum atomic E-state index is 0.273. The number of hydrogen-bond acceptors (Lipinski definition) is 3. The quantitative estimate of drug-likeness (QED) is 0.917. The van der Waals surface area contributed by atoms with E-state index in [1.54, 1.807) is 0 Å². The lowest BCUT2D eigenvalue weighted by molar-refractivity contribution is -0.0269. The third-order valence-electron chi connectivity index (χ3n) is 4.03. The molecule has 2 aromatic rings. The van der Waals surface area contributed by atoms with E-state index in [2.05, 4.69) is 47.0 Å². The zero-order valence-electron chi connectivity index (χ0n) is 12.1. The Morgan fingerprint density at radius 2 is 2.20 bits per heavy atom. The van der Waals surface area contributed by atoms with Gasteiger partial charge >= 0.3 is 0 Å². The lowest BCUT2D eigenvalue weighted by atomic mass is 10.1. The van der Waals surface area contributed by atoms with Crippen LogP contribution in [0.15, 0.2) is 30.5 Å². The highest BCUT2D eigenvalue weighted by molar-refractivity contribution is 5.84. The van der Waals surface area contributed by atoms with Crippen molar-refractivity contribution in [3.63, 3.8) is 0 Å². The van der Waals surface area contributed by atoms with Crippen LogP contribution in [-0.4, -0.2) is 48.9 Å². The van der Waals surface area contributed by atoms with Crippen LogP contribution in [0.3, 0.4) is 0 Å². The van der Waals surface area contributed by atoms with Crippen molar-refractivity contribution in [3.8, 4) is 0 Å². The van der Waals surface area contributed by atoms with E-state index >= 15 is 0 Å². The average molecular weight is 273 g/mol. The van der Waals surface area contributed by atoms with Crippen LogP contribution in [0.2, 0.25) is 0 Å². The molecule has 0 amide bonds. The van der Waals surface area contributed by atoms with Crippen LogP contribution in [0.25, 0.3) is 10.9 Å². The third kappa shape index (κ3) is 2.73. The maximum Gasteiger partial charge on any atom is 0.0881 e. The van der Waals surface area contributed by atoms with Gasteiger partial charge in [0.15, 0.2) is 0 Å². The fourth-order valence-electron chi connectivity index (χ4n) is 3.03. The Labute approximate surface area is 120 Å². The first-order valence-corrected chi connectivity index (χ1v) is 7.35. The second kappa shape index (κ2) is 5.95. The van der Waals surface area contributed by atoms with Crippen LogP contribution >= 0.6 is 0 Å². The van der Waals surface area contributed by atoms with Gasteiger partial charge in [0.25, 0.3) is 0 Å². The number of nitrogens with two attached hydrogens (primary N) is 1. The molecule has 1 unspecified atom stereocenters. The van der Waals surface area contributed by atoms with E-state index in [0.717, 1.165) is 32.7 Å². The first-order valence-electron chi connectivity index (χ1n) is 7.35. The van der Waals surface area contributed by atoms with E-state index in [9.17, 15) is 0 Å². The number of hydrogen-bond donors (Lipinski definition) is 1. The van der Waals surface area contributed by atoms with Crippen molar-refractivity contribution in [2.24, 2.45) is 5.73 Å². The summed E-state index contributed by atoms with van der Waals surface area (Å²) >= 11 is 0. The Kier molecular flexibility index (Phi) is 4.05. The number of likely N-dealkylation sites (N-methyl/N-ethyl adjacent to an activating group) is 1. The van der Waals surface area contributed by atoms with Gasteiger partial charge in [-0.15, -0.1) is 0 Å². The Morgan fingerprint density at radius 3 is 3.00 bits per heavy atom. The zero-order valence-corrected chi connectivity index (χ0v) is 12.1. The summed E-state index contributed by atoms with van der Waals surface area (Å²) in [6.45, 7) is 4.46. The molecule has 1 aliphatic rings. The molecular formula is C16H23N3O. The average Bonchev–Trinajstić information content (AvgIpc) is 2.78. The van der Waals surface area contributed by atoms with Gasteiger partial charge in [0.1, 0.15) is 0 Å². The Balaban J connectivity index is 1.87. The SMILES string of the molecule is CN1CCOC(Cn2cc(CCN)c3ccccc32)C1. The highest BCUT2D eigenvalue weighted by Gasteiger charge is 2.19. The van der Waals surface area contributed by atoms with Crippen molar-refractivity contribution < 1.29 is 4.74 Å². The van der Waals surface area contributed by atoms with Gasteiger partial charge in [-0.3, -0.25) is 0 Å². The second-order valence-electron chi connectivity index (χ2n) is 5.62. The molecule has 1 fully saturated rings. The Hall–Kier alpha value is -1.36. The van der Waals surface area contributed by atoms with E-state index in [-0.39, 0.29) is 6.10 Å². The van der Waals surface area contributed by atoms with Crippen LogP contribution in [0.4, 0.5) is 0 Å². The van der Waals surface area contributed by atoms with Crippen molar-refractivity contribution in [2.45, 2.75) is 19.1 Å². The standard InChI is InChI=1S/C16H23N3O/c1-18-8-9-20-14(11-18)12-19-10-13(6-7-17)15-4-2-3-5-16(15)19/h2-5,10,14H,6-9,11-12,17H2,1H3. The molecule has 1 aromatic heterocycles. The predicted molar refractivity (Wildman–Crippen MR) is 81.9 cm³/mol. The Morgan fingerprint density at radius 1 is 1.35 bits per heavy atom. The molecule has 2 heterocycles. The molecule has 4 heteroatoms. The van der Waals surface area contributed by atoms with E-state index in [1.807, 2.05) is 0 Å². The van der Waals surface area contributed by atoms with Gasteiger partial charge in [-0.25, -0.2) is 0 Å². The number of aromatic nitrogens is 1. The van der Waals surface area contributed by atoms with Gasteiger partial charge < -0.3 is 19.9 Å². The lowest BCUT2D eigenvalue weighted by Gasteiger charge is -2.30. The largest absolute Gasteiger partial charge is 0.374 e. The fraction of sp³-hybridized carbons (Fsp3) is 0.500. The molecule has 0 spiro atoms. The van der Waals surface area contributed by atoms with Crippen LogP contribution in [0, 0.1) is 0 Å². The summed E-state index contributed by atoms with van der Waals surface area (Å²) in [5, 5.41) is 1.32. The van der Waals surface area contributed by atoms with Crippen molar-refractivity contribution in [2.75, 3.05) is 33.3 Å². The summed E-state index contributed by atoms with van der Waals surface area (Å²) in [5.41, 5.74) is 8.35. The molecule has 20 heavy (non-hydrogen) atoms. The summed E-state index contributed by atoms with van der Waals surface area (Å²) in [4.78, 5) is 2.33. The number of ether oxygens (including phenoxy) is 1. The molecule has 2 N–H and O–H groups in total. The van der Waals surface area contributed by atoms with Gasteiger partial charge in [0.2, 0.25) is 0 Å². The lowest BCUT2D eigenvalue weighted by Crippen LogP contribution is -2.41. The minimum Gasteiger partial charge on any atom is -0.374 e. The topological polar surface area (TPSA) is 43.4 Å². The molecule has 4 nitrogen and oxygen atoms in total. The number of rotatable bonds is 4. The maximum absolute atomic E-state index is 5.88. The molecule has 1 atom stereocenters. The second-order valence-corrected chi connectivity index (χ2v) is 5.62. The smallest absolute Gasteiger partial charge is 0.0881 e. The van der Waals surface area contributed by atoms with Gasteiger partial charge in [0.05, 0.1) is 19.3 Å². The van der Waals surface area contributed by atoms with Gasteiger partial charge in [-0.2, -0.15) is 0 Å². The molecule has 0 bridgehead atoms. The third-order valence-corrected chi connectivity index (χ3v) is 4.03. The molecule has 0 aliphatic carbocycles. The van der Waals surface area contributed by atoms with Crippen LogP contribution < -0.4 is 5.73 Å². The fourth-order valence-corrected chi connectivity index (χ4v) is 3.03. The molecule has 1 saturated heterocycles. The molecule has 108 valence electrons.